The molecule has 1 aromatic carbocycles. The first-order valence-electron chi connectivity index (χ1n) is 15.8. The van der Waals surface area contributed by atoms with Crippen LogP contribution in [0.3, 0.4) is 0 Å². The monoisotopic (exact) mass is 692 g/mol. The predicted octanol–water partition coefficient (Wildman–Crippen LogP) is 7.11. The first-order valence-corrected chi connectivity index (χ1v) is 17.6. The first-order chi connectivity index (χ1) is 22.4. The average Bonchev–Trinajstić information content (AvgIpc) is 3.33. The smallest absolute Gasteiger partial charge is 0.407 e. The number of sulfonamides is 1. The Hall–Kier alpha value is -4.29. The molecule has 4 heterocycles. The van der Waals surface area contributed by atoms with Gasteiger partial charge in [0, 0.05) is 23.7 Å². The number of aryl methyl sites for hydroxylation is 1. The quantitative estimate of drug-likeness (QED) is 0.156. The Morgan fingerprint density at radius 2 is 1.83 bits per heavy atom. The number of fused-ring (bicyclic) bond motifs is 1. The number of likely N-dealkylation sites (tertiary alicyclic amines) is 1. The number of nitrogens with zero attached hydrogens (tertiary/aromatic N) is 4. The number of nitrogens with one attached hydrogen (secondary N) is 2. The molecule has 11 nitrogen and oxygen atoms in total. The van der Waals surface area contributed by atoms with Crippen molar-refractivity contribution in [3.8, 4) is 0 Å². The van der Waals surface area contributed by atoms with Crippen molar-refractivity contribution in [3.63, 3.8) is 0 Å². The molecule has 0 aliphatic carbocycles. The largest absolute Gasteiger partial charge is 0.465 e. The van der Waals surface area contributed by atoms with E-state index in [9.17, 15) is 23.1 Å². The molecule has 254 valence electrons. The highest BCUT2D eigenvalue weighted by atomic mass is 35.5. The zero-order valence-corrected chi connectivity index (χ0v) is 29.5. The lowest BCUT2D eigenvalue weighted by Crippen LogP contribution is -2.41. The van der Waals surface area contributed by atoms with Gasteiger partial charge in [-0.1, -0.05) is 56.6 Å². The van der Waals surface area contributed by atoms with E-state index in [1.54, 1.807) is 24.4 Å². The van der Waals surface area contributed by atoms with Gasteiger partial charge in [-0.05, 0) is 92.8 Å². The number of anilines is 1. The fourth-order valence-electron chi connectivity index (χ4n) is 6.25. The van der Waals surface area contributed by atoms with E-state index < -0.39 is 27.6 Å². The topological polar surface area (TPSA) is 154 Å². The molecule has 48 heavy (non-hydrogen) atoms. The van der Waals surface area contributed by atoms with Crippen LogP contribution >= 0.6 is 11.6 Å². The summed E-state index contributed by atoms with van der Waals surface area (Å²) in [4.78, 5) is 39.8. The van der Waals surface area contributed by atoms with E-state index in [2.05, 4.69) is 45.8 Å². The molecule has 5 rings (SSSR count). The molecule has 1 fully saturated rings. The van der Waals surface area contributed by atoms with Crippen molar-refractivity contribution in [2.75, 3.05) is 11.9 Å². The summed E-state index contributed by atoms with van der Waals surface area (Å²) < 4.78 is 28.9. The lowest BCUT2D eigenvalue weighted by atomic mass is 9.86. The Kier molecular flexibility index (Phi) is 9.71. The van der Waals surface area contributed by atoms with E-state index in [1.165, 1.54) is 17.0 Å². The zero-order valence-electron chi connectivity index (χ0n) is 27.9. The van der Waals surface area contributed by atoms with Crippen LogP contribution in [0.4, 0.5) is 10.6 Å². The van der Waals surface area contributed by atoms with Crippen LogP contribution in [0.25, 0.3) is 10.9 Å². The minimum Gasteiger partial charge on any atom is -0.465 e. The predicted molar refractivity (Wildman–Crippen MR) is 186 cm³/mol. The van der Waals surface area contributed by atoms with Crippen molar-refractivity contribution in [3.05, 3.63) is 88.3 Å². The van der Waals surface area contributed by atoms with Gasteiger partial charge in [-0.25, -0.2) is 19.5 Å². The molecular formula is C35H41ClN6O5S. The summed E-state index contributed by atoms with van der Waals surface area (Å²) in [6, 6.07) is 15.1. The molecule has 13 heteroatoms. The SMILES string of the molecule is Cc1cccc2cc(C(=O)NS(=O)(=O)c3cccc(NC(CC[C@@H]4CN(C(=O)O)C(C)(C)C4)c4cc(C(C)(C)C)ccn4)n3)c(Cl)nc12. The summed E-state index contributed by atoms with van der Waals surface area (Å²) >= 11 is 6.31. The van der Waals surface area contributed by atoms with Crippen LogP contribution in [-0.2, 0) is 15.4 Å². The second kappa shape index (κ2) is 13.3. The van der Waals surface area contributed by atoms with E-state index in [4.69, 9.17) is 11.6 Å². The second-order valence-corrected chi connectivity index (χ2v) is 16.0. The van der Waals surface area contributed by atoms with E-state index >= 15 is 0 Å². The van der Waals surface area contributed by atoms with Crippen molar-refractivity contribution < 1.29 is 23.1 Å². The maximum atomic E-state index is 13.4. The van der Waals surface area contributed by atoms with E-state index in [1.807, 2.05) is 45.0 Å². The molecule has 1 aliphatic rings. The van der Waals surface area contributed by atoms with Crippen LogP contribution in [0.1, 0.15) is 87.1 Å². The van der Waals surface area contributed by atoms with E-state index in [0.717, 1.165) is 23.2 Å². The fraction of sp³-hybridized carbons (Fsp3) is 0.400. The number of amides is 2. The maximum Gasteiger partial charge on any atom is 0.407 e. The molecule has 2 amide bonds. The van der Waals surface area contributed by atoms with Crippen LogP contribution in [-0.4, -0.2) is 57.5 Å². The third-order valence-electron chi connectivity index (χ3n) is 8.85. The number of carbonyl (C=O) groups is 2. The molecule has 0 spiro atoms. The number of hydrogen-bond acceptors (Lipinski definition) is 8. The molecule has 2 atom stereocenters. The minimum atomic E-state index is -4.40. The second-order valence-electron chi connectivity index (χ2n) is 14.0. The molecule has 0 radical (unpaired) electrons. The van der Waals surface area contributed by atoms with Crippen molar-refractivity contribution in [1.29, 1.82) is 0 Å². The van der Waals surface area contributed by atoms with Gasteiger partial charge in [0.05, 0.1) is 22.8 Å². The number of rotatable bonds is 9. The number of aromatic nitrogens is 3. The number of para-hydroxylation sites is 1. The van der Waals surface area contributed by atoms with E-state index in [0.29, 0.717) is 30.3 Å². The molecule has 1 unspecified atom stereocenters. The standard InChI is InChI=1S/C35H41ClN6O5S/c1-21-9-7-10-23-17-25(31(36)40-30(21)23)32(43)41-48(46,47)29-12-8-11-28(39-29)38-26(27-18-24(15-16-37-27)34(2,3)4)14-13-22-19-35(5,6)42(20-22)33(44)45/h7-12,15-18,22,26H,13-14,19-20H2,1-6H3,(H,38,39)(H,41,43)(H,44,45)/t22-,26?/m0/s1. The Balaban J connectivity index is 1.39. The van der Waals surface area contributed by atoms with Gasteiger partial charge in [0.1, 0.15) is 11.0 Å². The van der Waals surface area contributed by atoms with Gasteiger partial charge < -0.3 is 15.3 Å². The van der Waals surface area contributed by atoms with Gasteiger partial charge >= 0.3 is 6.09 Å². The van der Waals surface area contributed by atoms with Gasteiger partial charge in [0.15, 0.2) is 5.03 Å². The molecule has 3 aromatic heterocycles. The highest BCUT2D eigenvalue weighted by molar-refractivity contribution is 7.90. The molecule has 3 N–H and O–H groups in total. The summed E-state index contributed by atoms with van der Waals surface area (Å²) in [7, 11) is -4.40. The van der Waals surface area contributed by atoms with Gasteiger partial charge in [0.25, 0.3) is 15.9 Å². The van der Waals surface area contributed by atoms with Crippen LogP contribution in [0.2, 0.25) is 5.15 Å². The van der Waals surface area contributed by atoms with Crippen LogP contribution < -0.4 is 10.0 Å². The normalized spacial score (nSPS) is 16.9. The van der Waals surface area contributed by atoms with Gasteiger partial charge in [-0.2, -0.15) is 8.42 Å². The van der Waals surface area contributed by atoms with Crippen LogP contribution in [0.15, 0.2) is 65.8 Å². The van der Waals surface area contributed by atoms with E-state index in [-0.39, 0.29) is 38.9 Å². The first kappa shape index (κ1) is 35.0. The lowest BCUT2D eigenvalue weighted by Gasteiger charge is -2.28. The third-order valence-corrected chi connectivity index (χ3v) is 10.4. The highest BCUT2D eigenvalue weighted by Gasteiger charge is 2.41. The Morgan fingerprint density at radius 3 is 2.52 bits per heavy atom. The minimum absolute atomic E-state index is 0.0750. The molecule has 4 aromatic rings. The van der Waals surface area contributed by atoms with Gasteiger partial charge in [-0.3, -0.25) is 9.78 Å². The molecule has 1 saturated heterocycles. The zero-order chi connectivity index (χ0) is 35.0. The Labute approximate surface area is 286 Å². The summed E-state index contributed by atoms with van der Waals surface area (Å²) in [5.74, 6) is -0.508. The van der Waals surface area contributed by atoms with Gasteiger partial charge in [-0.15, -0.1) is 0 Å². The van der Waals surface area contributed by atoms with Crippen molar-refractivity contribution in [2.45, 2.75) is 82.8 Å². The van der Waals surface area contributed by atoms with Crippen molar-refractivity contribution in [2.24, 2.45) is 5.92 Å². The number of pyridine rings is 3. The third kappa shape index (κ3) is 7.71. The van der Waals surface area contributed by atoms with Crippen LogP contribution in [0.5, 0.6) is 0 Å². The summed E-state index contributed by atoms with van der Waals surface area (Å²) in [6.07, 6.45) is 2.86. The molecule has 1 aliphatic heterocycles. The number of carbonyl (C=O) groups excluding carboxylic acids is 1. The Bertz CT molecular complexity index is 1980. The maximum absolute atomic E-state index is 13.4. The fourth-order valence-corrected chi connectivity index (χ4v) is 7.41. The number of benzene rings is 1. The number of carboxylic acid groups (broad SMARTS) is 1. The Morgan fingerprint density at radius 1 is 1.10 bits per heavy atom. The lowest BCUT2D eigenvalue weighted by molar-refractivity contribution is 0.0980. The average molecular weight is 693 g/mol. The summed E-state index contributed by atoms with van der Waals surface area (Å²) in [5.41, 5.74) is 2.66. The molecule has 0 saturated carbocycles. The number of halogens is 1. The molecule has 0 bridgehead atoms. The van der Waals surface area contributed by atoms with Gasteiger partial charge in [0.2, 0.25) is 0 Å². The molecular weight excluding hydrogens is 652 g/mol. The van der Waals surface area contributed by atoms with Crippen molar-refractivity contribution >= 4 is 50.3 Å². The summed E-state index contributed by atoms with van der Waals surface area (Å²) in [6.45, 7) is 12.5. The van der Waals surface area contributed by atoms with Crippen LogP contribution in [0, 0.1) is 12.8 Å². The van der Waals surface area contributed by atoms with Crippen molar-refractivity contribution in [1.82, 2.24) is 24.6 Å². The summed E-state index contributed by atoms with van der Waals surface area (Å²) in [5, 5.41) is 13.3. The highest BCUT2D eigenvalue weighted by Crippen LogP contribution is 2.37. The number of hydrogen-bond donors (Lipinski definition) is 3.